The van der Waals surface area contributed by atoms with Crippen LogP contribution in [0.15, 0.2) is 39.5 Å². The van der Waals surface area contributed by atoms with Crippen LogP contribution in [0.25, 0.3) is 22.3 Å². The molecule has 9 atom stereocenters. The highest BCUT2D eigenvalue weighted by Gasteiger charge is 2.47. The van der Waals surface area contributed by atoms with Crippen LogP contribution in [0, 0.1) is 0 Å². The highest BCUT2D eigenvalue weighted by molar-refractivity contribution is 5.88. The molecule has 2 fully saturated rings. The summed E-state index contributed by atoms with van der Waals surface area (Å²) >= 11 is 0. The van der Waals surface area contributed by atoms with E-state index in [0.717, 1.165) is 24.3 Å². The maximum absolute atomic E-state index is 13.5. The van der Waals surface area contributed by atoms with E-state index in [4.69, 9.17) is 23.4 Å². The number of fused-ring (bicyclic) bond motifs is 1. The van der Waals surface area contributed by atoms with Gasteiger partial charge in [0.15, 0.2) is 23.5 Å². The van der Waals surface area contributed by atoms with Crippen LogP contribution >= 0.6 is 0 Å². The molecule has 3 heterocycles. The van der Waals surface area contributed by atoms with Crippen molar-refractivity contribution in [2.24, 2.45) is 0 Å². The smallest absolute Gasteiger partial charge is 0.239 e. The highest BCUT2D eigenvalue weighted by atomic mass is 16.7. The van der Waals surface area contributed by atoms with Gasteiger partial charge in [-0.2, -0.15) is 0 Å². The summed E-state index contributed by atoms with van der Waals surface area (Å²) in [5.74, 6) is -3.33. The van der Waals surface area contributed by atoms with Gasteiger partial charge in [-0.25, -0.2) is 0 Å². The van der Waals surface area contributed by atoms with Gasteiger partial charge in [0.2, 0.25) is 17.5 Å². The maximum Gasteiger partial charge on any atom is 0.239 e. The van der Waals surface area contributed by atoms with Gasteiger partial charge in [-0.15, -0.1) is 0 Å². The Morgan fingerprint density at radius 3 is 2.21 bits per heavy atom. The number of phenolic OH excluding ortho intramolecular Hbond substituents is 4. The third kappa shape index (κ3) is 5.42. The molecule has 2 saturated heterocycles. The topological polar surface area (TPSA) is 269 Å². The molecule has 0 amide bonds. The predicted octanol–water partition coefficient (Wildman–Crippen LogP) is -2.08. The molecule has 228 valence electrons. The molecule has 42 heavy (non-hydrogen) atoms. The molecule has 0 saturated carbocycles. The molecule has 3 aromatic rings. The van der Waals surface area contributed by atoms with E-state index in [-0.39, 0.29) is 17.8 Å². The number of benzene rings is 2. The number of hydrogen-bond donors (Lipinski definition) is 10. The van der Waals surface area contributed by atoms with E-state index in [2.05, 4.69) is 0 Å². The first-order valence-electron chi connectivity index (χ1n) is 12.6. The Bertz CT molecular complexity index is 1510. The van der Waals surface area contributed by atoms with Crippen molar-refractivity contribution in [3.63, 3.8) is 0 Å². The number of ether oxygens (including phenoxy) is 4. The Kier molecular flexibility index (Phi) is 8.17. The monoisotopic (exact) mass is 596 g/mol. The maximum atomic E-state index is 13.5. The summed E-state index contributed by atoms with van der Waals surface area (Å²) in [5.41, 5.74) is -1.35. The zero-order valence-corrected chi connectivity index (χ0v) is 21.4. The highest BCUT2D eigenvalue weighted by Crippen LogP contribution is 2.39. The molecule has 0 aliphatic carbocycles. The molecule has 16 nitrogen and oxygen atoms in total. The van der Waals surface area contributed by atoms with Crippen LogP contribution in [0.5, 0.6) is 28.7 Å². The normalized spacial score (nSPS) is 31.7. The van der Waals surface area contributed by atoms with Gasteiger partial charge < -0.3 is 74.4 Å². The second kappa shape index (κ2) is 11.5. The predicted molar refractivity (Wildman–Crippen MR) is 136 cm³/mol. The molecular weight excluding hydrogens is 568 g/mol. The van der Waals surface area contributed by atoms with Crippen LogP contribution in [-0.4, -0.2) is 120 Å². The fraction of sp³-hybridized carbons (Fsp3) is 0.423. The largest absolute Gasteiger partial charge is 0.508 e. The summed E-state index contributed by atoms with van der Waals surface area (Å²) in [6.07, 6.45) is -15.1. The van der Waals surface area contributed by atoms with Gasteiger partial charge in [0.1, 0.15) is 65.2 Å². The minimum atomic E-state index is -1.96. The standard InChI is InChI=1S/C26H28O16/c27-9-4-12(30)16-14(5-9)40-23(8-1-2-10(28)11(29)3-8)24(19(16)34)42-26-22(37)20(35)18(33)15(41-26)7-39-25-21(36)17(32)13(31)6-38-25/h1-5,13,15,17-18,20-22,25-33,35-37H,6-7H2/t13-,15?,17-,18+,20+,21?,22?,25-,26-/m0/s1. The van der Waals surface area contributed by atoms with Crippen LogP contribution in [0.3, 0.4) is 0 Å². The molecule has 10 N–H and O–H groups in total. The second-order valence-electron chi connectivity index (χ2n) is 9.85. The third-order valence-corrected chi connectivity index (χ3v) is 6.94. The summed E-state index contributed by atoms with van der Waals surface area (Å²) in [4.78, 5) is 13.5. The quantitative estimate of drug-likeness (QED) is 0.137. The Morgan fingerprint density at radius 2 is 1.50 bits per heavy atom. The van der Waals surface area contributed by atoms with Crippen molar-refractivity contribution < 1.29 is 74.4 Å². The lowest BCUT2D eigenvalue weighted by Gasteiger charge is -2.41. The van der Waals surface area contributed by atoms with Crippen molar-refractivity contribution in [3.05, 3.63) is 40.6 Å². The number of aliphatic hydroxyl groups is 6. The third-order valence-electron chi connectivity index (χ3n) is 6.94. The summed E-state index contributed by atoms with van der Waals surface area (Å²) in [5, 5.41) is 101. The van der Waals surface area contributed by atoms with Gasteiger partial charge in [-0.1, -0.05) is 0 Å². The van der Waals surface area contributed by atoms with E-state index in [1.54, 1.807) is 0 Å². The molecule has 16 heteroatoms. The zero-order chi connectivity index (χ0) is 30.5. The SMILES string of the molecule is O=c1c(O[C@@H]2OC(CO[C@@H]3OC[C@H](O)[C@H](O)C3O)[C@@H](O)[C@@H](O)C2O)c(-c2ccc(O)c(O)c2)oc2cc(O)cc(O)c12. The van der Waals surface area contributed by atoms with Crippen LogP contribution in [0.4, 0.5) is 0 Å². The van der Waals surface area contributed by atoms with Gasteiger partial charge in [0.05, 0.1) is 13.2 Å². The number of aliphatic hydroxyl groups excluding tert-OH is 6. The first-order chi connectivity index (χ1) is 19.9. The van der Waals surface area contributed by atoms with Crippen molar-refractivity contribution in [1.82, 2.24) is 0 Å². The van der Waals surface area contributed by atoms with Crippen LogP contribution in [0.2, 0.25) is 0 Å². The number of hydrogen-bond acceptors (Lipinski definition) is 16. The molecule has 2 aliphatic rings. The van der Waals surface area contributed by atoms with E-state index in [0.29, 0.717) is 0 Å². The average Bonchev–Trinajstić information content (AvgIpc) is 2.94. The Balaban J connectivity index is 1.48. The Hall–Kier alpha value is -3.71. The summed E-state index contributed by atoms with van der Waals surface area (Å²) in [7, 11) is 0. The molecule has 0 bridgehead atoms. The van der Waals surface area contributed by atoms with Gasteiger partial charge in [-0.3, -0.25) is 4.79 Å². The van der Waals surface area contributed by atoms with Crippen molar-refractivity contribution in [2.45, 2.75) is 55.3 Å². The molecular formula is C26H28O16. The lowest BCUT2D eigenvalue weighted by atomic mass is 9.99. The first kappa shape index (κ1) is 29.8. The fourth-order valence-electron chi connectivity index (χ4n) is 4.61. The molecule has 2 aliphatic heterocycles. The second-order valence-corrected chi connectivity index (χ2v) is 9.85. The number of aromatic hydroxyl groups is 4. The van der Waals surface area contributed by atoms with Gasteiger partial charge in [0, 0.05) is 17.7 Å². The summed E-state index contributed by atoms with van der Waals surface area (Å²) in [6, 6.07) is 5.23. The molecule has 5 rings (SSSR count). The number of phenols is 4. The van der Waals surface area contributed by atoms with E-state index < -0.39 is 107 Å². The fourth-order valence-corrected chi connectivity index (χ4v) is 4.61. The van der Waals surface area contributed by atoms with E-state index in [9.17, 15) is 55.9 Å². The van der Waals surface area contributed by atoms with Gasteiger partial charge >= 0.3 is 0 Å². The van der Waals surface area contributed by atoms with E-state index in [1.165, 1.54) is 6.07 Å². The van der Waals surface area contributed by atoms with E-state index in [1.807, 2.05) is 0 Å². The Labute approximate surface area is 235 Å². The lowest BCUT2D eigenvalue weighted by molar-refractivity contribution is -0.307. The van der Waals surface area contributed by atoms with Crippen LogP contribution in [-0.2, 0) is 14.2 Å². The minimum absolute atomic E-state index is 0.0305. The first-order valence-corrected chi connectivity index (χ1v) is 12.6. The van der Waals surface area contributed by atoms with Crippen molar-refractivity contribution in [3.8, 4) is 40.1 Å². The summed E-state index contributed by atoms with van der Waals surface area (Å²) < 4.78 is 27.5. The van der Waals surface area contributed by atoms with Crippen LogP contribution in [0.1, 0.15) is 0 Å². The Morgan fingerprint density at radius 1 is 0.786 bits per heavy atom. The molecule has 2 aromatic carbocycles. The van der Waals surface area contributed by atoms with E-state index >= 15 is 0 Å². The number of rotatable bonds is 6. The molecule has 3 unspecified atom stereocenters. The minimum Gasteiger partial charge on any atom is -0.508 e. The lowest BCUT2D eigenvalue weighted by Crippen LogP contribution is -2.61. The molecule has 1 aromatic heterocycles. The molecule has 0 radical (unpaired) electrons. The van der Waals surface area contributed by atoms with Crippen molar-refractivity contribution in [2.75, 3.05) is 13.2 Å². The average molecular weight is 596 g/mol. The van der Waals surface area contributed by atoms with Crippen LogP contribution < -0.4 is 10.2 Å². The van der Waals surface area contributed by atoms with Crippen molar-refractivity contribution >= 4 is 11.0 Å². The van der Waals surface area contributed by atoms with Crippen molar-refractivity contribution in [1.29, 1.82) is 0 Å². The summed E-state index contributed by atoms with van der Waals surface area (Å²) in [6.45, 7) is -0.970. The van der Waals surface area contributed by atoms with Gasteiger partial charge in [-0.05, 0) is 18.2 Å². The zero-order valence-electron chi connectivity index (χ0n) is 21.4. The molecule has 0 spiro atoms. The van der Waals surface area contributed by atoms with Gasteiger partial charge in [0.25, 0.3) is 0 Å².